The quantitative estimate of drug-likeness (QED) is 0.396. The Morgan fingerprint density at radius 3 is 2.87 bits per heavy atom. The molecule has 2 aromatic rings. The van der Waals surface area contributed by atoms with Gasteiger partial charge in [0.1, 0.15) is 0 Å². The molecule has 2 amide bonds. The van der Waals surface area contributed by atoms with E-state index < -0.39 is 11.8 Å². The number of hydroxylamine groups is 1. The third-order valence-electron chi connectivity index (χ3n) is 7.30. The first-order chi connectivity index (χ1) is 15.0. The van der Waals surface area contributed by atoms with Crippen LogP contribution in [0.1, 0.15) is 38.2 Å². The molecule has 0 bridgehead atoms. The number of nitrogens with one attached hydrogen (secondary N) is 2. The summed E-state index contributed by atoms with van der Waals surface area (Å²) >= 11 is 0. The molecule has 8 nitrogen and oxygen atoms in total. The third kappa shape index (κ3) is 3.64. The zero-order chi connectivity index (χ0) is 21.6. The summed E-state index contributed by atoms with van der Waals surface area (Å²) in [7, 11) is 0. The maximum absolute atomic E-state index is 13.3. The van der Waals surface area contributed by atoms with E-state index in [9.17, 15) is 14.8 Å². The van der Waals surface area contributed by atoms with Gasteiger partial charge in [-0.15, -0.1) is 0 Å². The first-order valence-electron chi connectivity index (χ1n) is 11.2. The minimum atomic E-state index is -0.482. The van der Waals surface area contributed by atoms with Crippen molar-refractivity contribution < 1.29 is 14.8 Å². The Balaban J connectivity index is 1.30. The van der Waals surface area contributed by atoms with Crippen LogP contribution in [-0.2, 0) is 16.1 Å². The average Bonchev–Trinajstić information content (AvgIpc) is 3.43. The number of nitrogens with zero attached hydrogens (tertiary/aromatic N) is 3. The standard InChI is InChI=1S/C23H29N5O3/c1-2-28-20-4-3-16(11-17(20)13-25-28)15-6-9-27(10-7-15)22(30)18-5-8-23(14-24-23)12-19(18)21(29)26-31/h3-4,6,11,13,18-19,24,31H,2,5,7-10,12,14H2,1H3,(H,26,29). The summed E-state index contributed by atoms with van der Waals surface area (Å²) in [6.07, 6.45) is 7.00. The Labute approximate surface area is 181 Å². The van der Waals surface area contributed by atoms with Gasteiger partial charge in [-0.05, 0) is 55.9 Å². The number of benzene rings is 1. The molecule has 1 saturated heterocycles. The van der Waals surface area contributed by atoms with Gasteiger partial charge in [0.2, 0.25) is 11.8 Å². The highest BCUT2D eigenvalue weighted by Gasteiger charge is 2.52. The van der Waals surface area contributed by atoms with E-state index >= 15 is 0 Å². The van der Waals surface area contributed by atoms with Crippen LogP contribution in [0.2, 0.25) is 0 Å². The number of hydrogen-bond acceptors (Lipinski definition) is 5. The van der Waals surface area contributed by atoms with Crippen molar-refractivity contribution in [2.24, 2.45) is 11.8 Å². The van der Waals surface area contributed by atoms with Crippen molar-refractivity contribution in [1.82, 2.24) is 25.5 Å². The summed E-state index contributed by atoms with van der Waals surface area (Å²) in [5, 5.41) is 18.1. The zero-order valence-electron chi connectivity index (χ0n) is 17.8. The van der Waals surface area contributed by atoms with E-state index in [4.69, 9.17) is 0 Å². The fourth-order valence-electron chi connectivity index (χ4n) is 5.30. The molecular formula is C23H29N5O3. The van der Waals surface area contributed by atoms with E-state index in [0.717, 1.165) is 36.8 Å². The monoisotopic (exact) mass is 423 g/mol. The summed E-state index contributed by atoms with van der Waals surface area (Å²) in [6.45, 7) is 5.01. The van der Waals surface area contributed by atoms with Crippen molar-refractivity contribution >= 4 is 28.3 Å². The van der Waals surface area contributed by atoms with Crippen LogP contribution in [0, 0.1) is 11.8 Å². The lowest BCUT2D eigenvalue weighted by atomic mass is 9.72. The number of aromatic nitrogens is 2. The van der Waals surface area contributed by atoms with Crippen LogP contribution in [0.3, 0.4) is 0 Å². The first-order valence-corrected chi connectivity index (χ1v) is 11.2. The highest BCUT2D eigenvalue weighted by molar-refractivity contribution is 5.89. The van der Waals surface area contributed by atoms with Crippen molar-refractivity contribution in [3.63, 3.8) is 0 Å². The third-order valence-corrected chi connectivity index (χ3v) is 7.30. The molecule has 2 fully saturated rings. The van der Waals surface area contributed by atoms with Gasteiger partial charge >= 0.3 is 0 Å². The molecule has 31 heavy (non-hydrogen) atoms. The maximum Gasteiger partial charge on any atom is 0.247 e. The van der Waals surface area contributed by atoms with E-state index in [-0.39, 0.29) is 17.4 Å². The molecule has 3 aliphatic rings. The van der Waals surface area contributed by atoms with Crippen LogP contribution < -0.4 is 10.8 Å². The van der Waals surface area contributed by atoms with Crippen molar-refractivity contribution in [3.05, 3.63) is 36.0 Å². The van der Waals surface area contributed by atoms with Crippen LogP contribution >= 0.6 is 0 Å². The number of fused-ring (bicyclic) bond motifs is 1. The molecule has 164 valence electrons. The Hall–Kier alpha value is -2.71. The van der Waals surface area contributed by atoms with Crippen LogP contribution in [0.15, 0.2) is 30.5 Å². The maximum atomic E-state index is 13.3. The minimum Gasteiger partial charge on any atom is -0.338 e. The summed E-state index contributed by atoms with van der Waals surface area (Å²) in [5.41, 5.74) is 5.32. The first kappa shape index (κ1) is 20.2. The molecule has 1 saturated carbocycles. The van der Waals surface area contributed by atoms with E-state index in [1.54, 1.807) is 5.48 Å². The van der Waals surface area contributed by atoms with Gasteiger partial charge in [-0.25, -0.2) is 5.48 Å². The molecule has 5 rings (SSSR count). The van der Waals surface area contributed by atoms with E-state index in [1.807, 2.05) is 15.8 Å². The summed E-state index contributed by atoms with van der Waals surface area (Å²) in [5.74, 6) is -1.27. The number of carbonyl (C=O) groups excluding carboxylic acids is 2. The molecule has 3 heterocycles. The molecule has 0 radical (unpaired) electrons. The lowest BCUT2D eigenvalue weighted by Gasteiger charge is -2.37. The summed E-state index contributed by atoms with van der Waals surface area (Å²) < 4.78 is 1.99. The number of aryl methyl sites for hydroxylation is 1. The Kier molecular flexibility index (Phi) is 5.06. The van der Waals surface area contributed by atoms with Gasteiger partial charge in [0.25, 0.3) is 0 Å². The highest BCUT2D eigenvalue weighted by Crippen LogP contribution is 2.42. The zero-order valence-corrected chi connectivity index (χ0v) is 17.8. The topological polar surface area (TPSA) is 109 Å². The van der Waals surface area contributed by atoms with Crippen LogP contribution in [0.5, 0.6) is 0 Å². The van der Waals surface area contributed by atoms with Gasteiger partial charge in [-0.1, -0.05) is 12.1 Å². The molecule has 8 heteroatoms. The smallest absolute Gasteiger partial charge is 0.247 e. The van der Waals surface area contributed by atoms with Gasteiger partial charge in [0.05, 0.1) is 17.6 Å². The predicted octanol–water partition coefficient (Wildman–Crippen LogP) is 1.94. The average molecular weight is 424 g/mol. The summed E-state index contributed by atoms with van der Waals surface area (Å²) in [6, 6.07) is 6.41. The van der Waals surface area contributed by atoms with E-state index in [2.05, 4.69) is 41.6 Å². The normalized spacial score (nSPS) is 27.9. The molecule has 3 unspecified atom stereocenters. The van der Waals surface area contributed by atoms with E-state index in [0.29, 0.717) is 25.9 Å². The van der Waals surface area contributed by atoms with Crippen LogP contribution in [0.4, 0.5) is 0 Å². The molecule has 1 spiro atoms. The number of carbonyl (C=O) groups is 2. The molecule has 1 aromatic heterocycles. The summed E-state index contributed by atoms with van der Waals surface area (Å²) in [4.78, 5) is 27.4. The Morgan fingerprint density at radius 1 is 1.35 bits per heavy atom. The van der Waals surface area contributed by atoms with Crippen LogP contribution in [-0.4, -0.2) is 56.9 Å². The molecule has 2 aliphatic heterocycles. The van der Waals surface area contributed by atoms with Crippen molar-refractivity contribution in [2.45, 2.75) is 44.7 Å². The fraction of sp³-hybridized carbons (Fsp3) is 0.522. The second kappa shape index (κ2) is 7.76. The van der Waals surface area contributed by atoms with Gasteiger partial charge in [0, 0.05) is 43.0 Å². The molecule has 1 aromatic carbocycles. The largest absolute Gasteiger partial charge is 0.338 e. The van der Waals surface area contributed by atoms with Crippen molar-refractivity contribution in [2.75, 3.05) is 19.6 Å². The van der Waals surface area contributed by atoms with Crippen molar-refractivity contribution in [3.8, 4) is 0 Å². The number of rotatable bonds is 4. The number of hydrogen-bond donors (Lipinski definition) is 3. The molecule has 3 atom stereocenters. The van der Waals surface area contributed by atoms with Gasteiger partial charge in [-0.2, -0.15) is 5.10 Å². The van der Waals surface area contributed by atoms with Gasteiger partial charge in [0.15, 0.2) is 0 Å². The molecule has 1 aliphatic carbocycles. The highest BCUT2D eigenvalue weighted by atomic mass is 16.5. The number of amides is 2. The second-order valence-electron chi connectivity index (χ2n) is 9.06. The Bertz CT molecular complexity index is 1050. The van der Waals surface area contributed by atoms with Gasteiger partial charge < -0.3 is 10.2 Å². The second-order valence-corrected chi connectivity index (χ2v) is 9.06. The molecular weight excluding hydrogens is 394 g/mol. The SMILES string of the molecule is CCn1ncc2cc(C3=CCN(C(=O)C4CCC5(CN5)CC4C(=O)NO)CC3)ccc21. The Morgan fingerprint density at radius 2 is 2.19 bits per heavy atom. The lowest BCUT2D eigenvalue weighted by Crippen LogP contribution is -2.49. The van der Waals surface area contributed by atoms with E-state index in [1.165, 1.54) is 11.1 Å². The minimum absolute atomic E-state index is 0.00679. The van der Waals surface area contributed by atoms with Crippen molar-refractivity contribution in [1.29, 1.82) is 0 Å². The molecule has 3 N–H and O–H groups in total. The predicted molar refractivity (Wildman–Crippen MR) is 116 cm³/mol. The van der Waals surface area contributed by atoms with Crippen LogP contribution in [0.25, 0.3) is 16.5 Å². The van der Waals surface area contributed by atoms with Gasteiger partial charge in [-0.3, -0.25) is 19.5 Å². The fourth-order valence-corrected chi connectivity index (χ4v) is 5.30. The lowest BCUT2D eigenvalue weighted by molar-refractivity contribution is -0.147.